The van der Waals surface area contributed by atoms with Gasteiger partial charge in [0, 0.05) is 12.1 Å². The van der Waals surface area contributed by atoms with E-state index in [0.29, 0.717) is 5.82 Å². The van der Waals surface area contributed by atoms with Crippen LogP contribution in [0.5, 0.6) is 0 Å². The minimum absolute atomic E-state index is 0.0469. The molecule has 0 aliphatic rings. The standard InChI is InChI=1S/C12H15FN6O2/c1-3-6-14-8(2)12-15-16-17-18(12)11-7-9(19(20)21)4-5-10(11)13/h4-5,7-8,14H,3,6H2,1-2H3. The lowest BCUT2D eigenvalue weighted by Crippen LogP contribution is -2.23. The third-order valence-corrected chi connectivity index (χ3v) is 2.95. The Hall–Kier alpha value is -2.42. The van der Waals surface area contributed by atoms with E-state index in [-0.39, 0.29) is 17.4 Å². The van der Waals surface area contributed by atoms with Gasteiger partial charge in [-0.3, -0.25) is 10.1 Å². The lowest BCUT2D eigenvalue weighted by molar-refractivity contribution is -0.384. The van der Waals surface area contributed by atoms with Gasteiger partial charge in [0.15, 0.2) is 5.82 Å². The molecule has 0 radical (unpaired) electrons. The van der Waals surface area contributed by atoms with E-state index in [1.165, 1.54) is 4.68 Å². The van der Waals surface area contributed by atoms with Gasteiger partial charge >= 0.3 is 0 Å². The number of nitro benzene ring substituents is 1. The van der Waals surface area contributed by atoms with Crippen LogP contribution in [0.4, 0.5) is 10.1 Å². The molecule has 1 atom stereocenters. The average Bonchev–Trinajstić information content (AvgIpc) is 2.94. The zero-order valence-corrected chi connectivity index (χ0v) is 11.7. The van der Waals surface area contributed by atoms with Crippen LogP contribution in [-0.4, -0.2) is 31.7 Å². The van der Waals surface area contributed by atoms with E-state index in [4.69, 9.17) is 0 Å². The maximum Gasteiger partial charge on any atom is 0.271 e. The van der Waals surface area contributed by atoms with Crippen molar-refractivity contribution < 1.29 is 9.31 Å². The van der Waals surface area contributed by atoms with Crippen LogP contribution in [0.3, 0.4) is 0 Å². The highest BCUT2D eigenvalue weighted by molar-refractivity contribution is 5.44. The highest BCUT2D eigenvalue weighted by Gasteiger charge is 2.20. The molecule has 112 valence electrons. The van der Waals surface area contributed by atoms with Crippen LogP contribution < -0.4 is 5.32 Å². The molecule has 0 spiro atoms. The first-order valence-corrected chi connectivity index (χ1v) is 6.50. The quantitative estimate of drug-likeness (QED) is 0.644. The SMILES string of the molecule is CCCNC(C)c1nnnn1-c1cc([N+](=O)[O-])ccc1F. The molecular formula is C12H15FN6O2. The van der Waals surface area contributed by atoms with Gasteiger partial charge in [0.1, 0.15) is 11.5 Å². The van der Waals surface area contributed by atoms with Gasteiger partial charge in [0.05, 0.1) is 11.0 Å². The van der Waals surface area contributed by atoms with Crippen LogP contribution in [-0.2, 0) is 0 Å². The van der Waals surface area contributed by atoms with Crippen molar-refractivity contribution in [2.45, 2.75) is 26.3 Å². The van der Waals surface area contributed by atoms with Crippen LogP contribution >= 0.6 is 0 Å². The number of hydrogen-bond donors (Lipinski definition) is 1. The molecule has 0 aliphatic carbocycles. The van der Waals surface area contributed by atoms with Gasteiger partial charge in [-0.15, -0.1) is 5.10 Å². The second kappa shape index (κ2) is 6.35. The van der Waals surface area contributed by atoms with E-state index in [2.05, 4.69) is 20.8 Å². The number of benzene rings is 1. The summed E-state index contributed by atoms with van der Waals surface area (Å²) >= 11 is 0. The van der Waals surface area contributed by atoms with Crippen molar-refractivity contribution in [1.82, 2.24) is 25.5 Å². The maximum atomic E-state index is 13.9. The van der Waals surface area contributed by atoms with Crippen LogP contribution in [0.25, 0.3) is 5.69 Å². The molecule has 8 nitrogen and oxygen atoms in total. The molecule has 1 N–H and O–H groups in total. The summed E-state index contributed by atoms with van der Waals surface area (Å²) in [7, 11) is 0. The third-order valence-electron chi connectivity index (χ3n) is 2.95. The van der Waals surface area contributed by atoms with Crippen molar-refractivity contribution in [3.05, 3.63) is 40.0 Å². The highest BCUT2D eigenvalue weighted by atomic mass is 19.1. The fourth-order valence-corrected chi connectivity index (χ4v) is 1.86. The van der Waals surface area contributed by atoms with Gasteiger partial charge in [-0.25, -0.2) is 4.39 Å². The van der Waals surface area contributed by atoms with Crippen LogP contribution in [0, 0.1) is 15.9 Å². The Morgan fingerprint density at radius 1 is 1.52 bits per heavy atom. The summed E-state index contributed by atoms with van der Waals surface area (Å²) < 4.78 is 15.1. The average molecular weight is 294 g/mol. The summed E-state index contributed by atoms with van der Waals surface area (Å²) in [5, 5.41) is 25.1. The normalized spacial score (nSPS) is 12.3. The molecule has 1 aromatic heterocycles. The summed E-state index contributed by atoms with van der Waals surface area (Å²) in [5.74, 6) is -0.236. The predicted octanol–water partition coefficient (Wildman–Crippen LogP) is 1.77. The maximum absolute atomic E-state index is 13.9. The molecule has 0 saturated heterocycles. The van der Waals surface area contributed by atoms with Gasteiger partial charge < -0.3 is 5.32 Å². The molecule has 0 fully saturated rings. The van der Waals surface area contributed by atoms with Gasteiger partial charge in [-0.2, -0.15) is 4.68 Å². The molecule has 1 heterocycles. The number of nitrogens with one attached hydrogen (secondary N) is 1. The number of halogens is 1. The second-order valence-electron chi connectivity index (χ2n) is 4.52. The van der Waals surface area contributed by atoms with Gasteiger partial charge in [-0.05, 0) is 36.4 Å². The Morgan fingerprint density at radius 2 is 2.29 bits per heavy atom. The lowest BCUT2D eigenvalue weighted by atomic mass is 10.2. The first-order chi connectivity index (χ1) is 10.0. The molecule has 0 amide bonds. The monoisotopic (exact) mass is 294 g/mol. The van der Waals surface area contributed by atoms with Crippen molar-refractivity contribution in [2.75, 3.05) is 6.54 Å². The van der Waals surface area contributed by atoms with E-state index in [9.17, 15) is 14.5 Å². The summed E-state index contributed by atoms with van der Waals surface area (Å²) in [6, 6.07) is 3.03. The summed E-state index contributed by atoms with van der Waals surface area (Å²) in [5.41, 5.74) is -0.267. The van der Waals surface area contributed by atoms with E-state index in [1.807, 2.05) is 13.8 Å². The molecule has 2 aromatic rings. The van der Waals surface area contributed by atoms with Crippen molar-refractivity contribution >= 4 is 5.69 Å². The summed E-state index contributed by atoms with van der Waals surface area (Å²) in [6.07, 6.45) is 0.928. The molecule has 0 aliphatic heterocycles. The van der Waals surface area contributed by atoms with E-state index in [0.717, 1.165) is 31.2 Å². The van der Waals surface area contributed by atoms with Crippen LogP contribution in [0.1, 0.15) is 32.1 Å². The van der Waals surface area contributed by atoms with E-state index in [1.54, 1.807) is 0 Å². The number of tetrazole rings is 1. The topological polar surface area (TPSA) is 98.8 Å². The fraction of sp³-hybridized carbons (Fsp3) is 0.417. The molecule has 2 rings (SSSR count). The van der Waals surface area contributed by atoms with Crippen molar-refractivity contribution in [3.63, 3.8) is 0 Å². The fourth-order valence-electron chi connectivity index (χ4n) is 1.86. The zero-order valence-electron chi connectivity index (χ0n) is 11.7. The van der Waals surface area contributed by atoms with Crippen molar-refractivity contribution in [3.8, 4) is 5.69 Å². The Labute approximate surface area is 120 Å². The zero-order chi connectivity index (χ0) is 15.4. The molecule has 0 saturated carbocycles. The predicted molar refractivity (Wildman–Crippen MR) is 72.5 cm³/mol. The van der Waals surface area contributed by atoms with Crippen LogP contribution in [0.2, 0.25) is 0 Å². The highest BCUT2D eigenvalue weighted by Crippen LogP contribution is 2.22. The number of nitrogens with zero attached hydrogens (tertiary/aromatic N) is 5. The summed E-state index contributed by atoms with van der Waals surface area (Å²) in [4.78, 5) is 10.2. The second-order valence-corrected chi connectivity index (χ2v) is 4.52. The van der Waals surface area contributed by atoms with Crippen molar-refractivity contribution in [2.24, 2.45) is 0 Å². The Morgan fingerprint density at radius 3 is 2.95 bits per heavy atom. The Kier molecular flexibility index (Phi) is 4.53. The van der Waals surface area contributed by atoms with E-state index < -0.39 is 10.7 Å². The Balaban J connectivity index is 2.41. The molecule has 0 bridgehead atoms. The molecule has 1 aromatic carbocycles. The molecule has 1 unspecified atom stereocenters. The molecule has 9 heteroatoms. The van der Waals surface area contributed by atoms with Gasteiger partial charge in [-0.1, -0.05) is 6.92 Å². The number of nitro groups is 1. The van der Waals surface area contributed by atoms with Gasteiger partial charge in [0.25, 0.3) is 5.69 Å². The van der Waals surface area contributed by atoms with Crippen molar-refractivity contribution in [1.29, 1.82) is 0 Å². The minimum Gasteiger partial charge on any atom is -0.307 e. The number of hydrogen-bond acceptors (Lipinski definition) is 6. The number of aromatic nitrogens is 4. The summed E-state index contributed by atoms with van der Waals surface area (Å²) in [6.45, 7) is 4.61. The number of non-ortho nitro benzene ring substituents is 1. The van der Waals surface area contributed by atoms with E-state index >= 15 is 0 Å². The lowest BCUT2D eigenvalue weighted by Gasteiger charge is -2.13. The minimum atomic E-state index is -0.628. The first kappa shape index (κ1) is 15.0. The smallest absolute Gasteiger partial charge is 0.271 e. The molecule has 21 heavy (non-hydrogen) atoms. The molecular weight excluding hydrogens is 279 g/mol. The first-order valence-electron chi connectivity index (χ1n) is 6.50. The van der Waals surface area contributed by atoms with Gasteiger partial charge in [0.2, 0.25) is 0 Å². The Bertz CT molecular complexity index is 644. The third kappa shape index (κ3) is 3.19. The number of rotatable bonds is 6. The largest absolute Gasteiger partial charge is 0.307 e. The van der Waals surface area contributed by atoms with Crippen LogP contribution in [0.15, 0.2) is 18.2 Å².